The highest BCUT2D eigenvalue weighted by atomic mass is 16.1. The Bertz CT molecular complexity index is 684. The maximum absolute atomic E-state index is 11.2. The van der Waals surface area contributed by atoms with Crippen molar-refractivity contribution in [3.05, 3.63) is 53.3 Å². The molecule has 3 rings (SSSR count). The van der Waals surface area contributed by atoms with Crippen molar-refractivity contribution >= 4 is 11.2 Å². The standard InChI is InChI=1S/C11H8N4O/c16-11-12-6-9-10(14-11)15(7-13-9)8-4-2-1-3-5-8/h1-7H,(H,12,14,16). The van der Waals surface area contributed by atoms with Gasteiger partial charge >= 0.3 is 5.69 Å². The molecule has 1 N–H and O–H groups in total. The van der Waals surface area contributed by atoms with Crippen molar-refractivity contribution in [2.24, 2.45) is 0 Å². The highest BCUT2D eigenvalue weighted by Crippen LogP contribution is 2.13. The van der Waals surface area contributed by atoms with E-state index in [9.17, 15) is 4.79 Å². The summed E-state index contributed by atoms with van der Waals surface area (Å²) in [4.78, 5) is 21.6. The summed E-state index contributed by atoms with van der Waals surface area (Å²) >= 11 is 0. The second kappa shape index (κ2) is 3.30. The number of aromatic amines is 1. The van der Waals surface area contributed by atoms with Crippen LogP contribution in [-0.4, -0.2) is 19.5 Å². The van der Waals surface area contributed by atoms with Crippen molar-refractivity contribution in [3.8, 4) is 5.69 Å². The number of imidazole rings is 1. The fraction of sp³-hybridized carbons (Fsp3) is 0. The van der Waals surface area contributed by atoms with Gasteiger partial charge < -0.3 is 0 Å². The monoisotopic (exact) mass is 212 g/mol. The molecule has 2 aromatic heterocycles. The summed E-state index contributed by atoms with van der Waals surface area (Å²) in [5.74, 6) is 0. The molecule has 5 heteroatoms. The van der Waals surface area contributed by atoms with Gasteiger partial charge in [-0.1, -0.05) is 18.2 Å². The van der Waals surface area contributed by atoms with Crippen LogP contribution < -0.4 is 5.69 Å². The molecule has 16 heavy (non-hydrogen) atoms. The van der Waals surface area contributed by atoms with Crippen molar-refractivity contribution < 1.29 is 0 Å². The molecule has 0 fully saturated rings. The Morgan fingerprint density at radius 2 is 1.94 bits per heavy atom. The molecule has 0 radical (unpaired) electrons. The molecule has 0 atom stereocenters. The van der Waals surface area contributed by atoms with Crippen LogP contribution >= 0.6 is 0 Å². The molecule has 0 unspecified atom stereocenters. The number of H-pyrrole nitrogens is 1. The van der Waals surface area contributed by atoms with E-state index in [-0.39, 0.29) is 5.69 Å². The minimum atomic E-state index is -0.370. The SMILES string of the molecule is O=c1ncc2ncn(-c3ccccc3)c2[nH]1. The van der Waals surface area contributed by atoms with E-state index in [0.29, 0.717) is 11.2 Å². The van der Waals surface area contributed by atoms with Crippen LogP contribution in [0.25, 0.3) is 16.9 Å². The van der Waals surface area contributed by atoms with Crippen LogP contribution in [0.15, 0.2) is 47.7 Å². The van der Waals surface area contributed by atoms with E-state index >= 15 is 0 Å². The number of aromatic nitrogens is 4. The lowest BCUT2D eigenvalue weighted by Crippen LogP contribution is -2.10. The first-order valence-electron chi connectivity index (χ1n) is 4.82. The summed E-state index contributed by atoms with van der Waals surface area (Å²) in [5, 5.41) is 0. The normalized spacial score (nSPS) is 10.8. The van der Waals surface area contributed by atoms with Crippen LogP contribution in [0.1, 0.15) is 0 Å². The molecule has 78 valence electrons. The molecular weight excluding hydrogens is 204 g/mol. The lowest BCUT2D eigenvalue weighted by atomic mass is 10.3. The topological polar surface area (TPSA) is 63.6 Å². The quantitative estimate of drug-likeness (QED) is 0.657. The fourth-order valence-electron chi connectivity index (χ4n) is 1.62. The summed E-state index contributed by atoms with van der Waals surface area (Å²) < 4.78 is 1.82. The van der Waals surface area contributed by atoms with Crippen molar-refractivity contribution in [3.63, 3.8) is 0 Å². The van der Waals surface area contributed by atoms with E-state index in [1.54, 1.807) is 6.33 Å². The van der Waals surface area contributed by atoms with Gasteiger partial charge in [0.05, 0.1) is 6.20 Å². The zero-order valence-electron chi connectivity index (χ0n) is 8.29. The van der Waals surface area contributed by atoms with E-state index in [0.717, 1.165) is 5.69 Å². The third kappa shape index (κ3) is 1.30. The van der Waals surface area contributed by atoms with Gasteiger partial charge in [-0.15, -0.1) is 0 Å². The van der Waals surface area contributed by atoms with Gasteiger partial charge in [-0.05, 0) is 12.1 Å². The number of para-hydroxylation sites is 1. The second-order valence-electron chi connectivity index (χ2n) is 3.37. The van der Waals surface area contributed by atoms with Gasteiger partial charge in [0.1, 0.15) is 17.5 Å². The smallest absolute Gasteiger partial charge is 0.290 e. The molecule has 0 aliphatic carbocycles. The van der Waals surface area contributed by atoms with Crippen molar-refractivity contribution in [1.82, 2.24) is 19.5 Å². The van der Waals surface area contributed by atoms with Crippen LogP contribution in [0.5, 0.6) is 0 Å². The number of fused-ring (bicyclic) bond motifs is 1. The van der Waals surface area contributed by atoms with Gasteiger partial charge in [0.15, 0.2) is 0 Å². The average molecular weight is 212 g/mol. The summed E-state index contributed by atoms with van der Waals surface area (Å²) in [5.41, 5.74) is 1.91. The molecular formula is C11H8N4O. The van der Waals surface area contributed by atoms with E-state index < -0.39 is 0 Å². The number of rotatable bonds is 1. The van der Waals surface area contributed by atoms with E-state index in [1.807, 2.05) is 34.9 Å². The Morgan fingerprint density at radius 1 is 1.12 bits per heavy atom. The van der Waals surface area contributed by atoms with Gasteiger partial charge in [-0.25, -0.2) is 9.78 Å². The number of hydrogen-bond donors (Lipinski definition) is 1. The first kappa shape index (κ1) is 8.84. The average Bonchev–Trinajstić information content (AvgIpc) is 2.73. The highest BCUT2D eigenvalue weighted by Gasteiger charge is 2.04. The predicted molar refractivity (Wildman–Crippen MR) is 59.5 cm³/mol. The van der Waals surface area contributed by atoms with Gasteiger partial charge in [0.25, 0.3) is 0 Å². The molecule has 2 heterocycles. The number of nitrogens with one attached hydrogen (secondary N) is 1. The van der Waals surface area contributed by atoms with Gasteiger partial charge in [-0.3, -0.25) is 9.55 Å². The van der Waals surface area contributed by atoms with Crippen molar-refractivity contribution in [2.45, 2.75) is 0 Å². The van der Waals surface area contributed by atoms with Crippen LogP contribution in [0, 0.1) is 0 Å². The van der Waals surface area contributed by atoms with Crippen molar-refractivity contribution in [2.75, 3.05) is 0 Å². The Kier molecular flexibility index (Phi) is 1.83. The molecule has 0 aliphatic heterocycles. The fourth-order valence-corrected chi connectivity index (χ4v) is 1.62. The lowest BCUT2D eigenvalue weighted by molar-refractivity contribution is 1.03. The first-order valence-corrected chi connectivity index (χ1v) is 4.82. The lowest BCUT2D eigenvalue weighted by Gasteiger charge is -2.02. The maximum atomic E-state index is 11.2. The number of nitrogens with zero attached hydrogens (tertiary/aromatic N) is 3. The second-order valence-corrected chi connectivity index (χ2v) is 3.37. The first-order chi connectivity index (χ1) is 7.84. The molecule has 3 aromatic rings. The minimum Gasteiger partial charge on any atom is -0.290 e. The summed E-state index contributed by atoms with van der Waals surface area (Å²) in [6.45, 7) is 0. The molecule has 0 aliphatic rings. The van der Waals surface area contributed by atoms with Crippen LogP contribution in [0.3, 0.4) is 0 Å². The number of benzene rings is 1. The van der Waals surface area contributed by atoms with Crippen molar-refractivity contribution in [1.29, 1.82) is 0 Å². The van der Waals surface area contributed by atoms with E-state index in [4.69, 9.17) is 0 Å². The predicted octanol–water partition coefficient (Wildman–Crippen LogP) is 1.11. The molecule has 5 nitrogen and oxygen atoms in total. The Morgan fingerprint density at radius 3 is 2.75 bits per heavy atom. The molecule has 1 aromatic carbocycles. The third-order valence-electron chi connectivity index (χ3n) is 2.36. The van der Waals surface area contributed by atoms with E-state index in [1.165, 1.54) is 6.20 Å². The Balaban J connectivity index is 2.33. The largest absolute Gasteiger partial charge is 0.346 e. The van der Waals surface area contributed by atoms with Gasteiger partial charge in [0, 0.05) is 5.69 Å². The van der Waals surface area contributed by atoms with Crippen LogP contribution in [0.4, 0.5) is 0 Å². The third-order valence-corrected chi connectivity index (χ3v) is 2.36. The van der Waals surface area contributed by atoms with Crippen LogP contribution in [0.2, 0.25) is 0 Å². The summed E-state index contributed by atoms with van der Waals surface area (Å²) in [7, 11) is 0. The van der Waals surface area contributed by atoms with Gasteiger partial charge in [0.2, 0.25) is 0 Å². The summed E-state index contributed by atoms with van der Waals surface area (Å²) in [6, 6.07) is 9.69. The zero-order valence-corrected chi connectivity index (χ0v) is 8.29. The summed E-state index contributed by atoms with van der Waals surface area (Å²) in [6.07, 6.45) is 3.13. The molecule has 0 amide bonds. The van der Waals surface area contributed by atoms with E-state index in [2.05, 4.69) is 15.0 Å². The Labute approximate surface area is 90.4 Å². The van der Waals surface area contributed by atoms with Crippen LogP contribution in [-0.2, 0) is 0 Å². The highest BCUT2D eigenvalue weighted by molar-refractivity contribution is 5.71. The zero-order chi connectivity index (χ0) is 11.0. The van der Waals surface area contributed by atoms with Gasteiger partial charge in [-0.2, -0.15) is 4.98 Å². The molecule has 0 saturated heterocycles. The molecule has 0 bridgehead atoms. The number of hydrogen-bond acceptors (Lipinski definition) is 3. The maximum Gasteiger partial charge on any atom is 0.346 e. The Hall–Kier alpha value is -2.43. The molecule has 0 saturated carbocycles. The molecule has 0 spiro atoms. The minimum absolute atomic E-state index is 0.370.